The summed E-state index contributed by atoms with van der Waals surface area (Å²) >= 11 is 0. The molecule has 80 valence electrons. The molecule has 0 radical (unpaired) electrons. The number of methoxy groups -OCH3 is 1. The minimum absolute atomic E-state index is 0.0199. The highest BCUT2D eigenvalue weighted by Gasteiger charge is 2.25. The van der Waals surface area contributed by atoms with Crippen LogP contribution in [-0.2, 0) is 6.42 Å². The van der Waals surface area contributed by atoms with E-state index in [4.69, 9.17) is 9.47 Å². The van der Waals surface area contributed by atoms with Gasteiger partial charge >= 0.3 is 0 Å². The monoisotopic (exact) mass is 206 g/mol. The van der Waals surface area contributed by atoms with Crippen molar-refractivity contribution in [3.63, 3.8) is 0 Å². The van der Waals surface area contributed by atoms with E-state index in [1.807, 2.05) is 13.0 Å². The zero-order valence-electron chi connectivity index (χ0n) is 8.91. The number of phenols is 1. The first-order valence-electron chi connectivity index (χ1n) is 4.83. The highest BCUT2D eigenvalue weighted by molar-refractivity contribution is 5.52. The van der Waals surface area contributed by atoms with Crippen molar-refractivity contribution in [3.05, 3.63) is 29.8 Å². The minimum Gasteiger partial charge on any atom is -0.504 e. The Labute approximate surface area is 88.9 Å². The predicted octanol–water partition coefficient (Wildman–Crippen LogP) is 2.28. The van der Waals surface area contributed by atoms with Gasteiger partial charge in [0, 0.05) is 18.1 Å². The summed E-state index contributed by atoms with van der Waals surface area (Å²) < 4.78 is 10.7. The van der Waals surface area contributed by atoms with E-state index in [9.17, 15) is 5.11 Å². The Balaban J connectivity index is 2.35. The van der Waals surface area contributed by atoms with Crippen molar-refractivity contribution in [2.45, 2.75) is 19.4 Å². The van der Waals surface area contributed by atoms with Gasteiger partial charge in [0.25, 0.3) is 0 Å². The number of aromatic hydroxyl groups is 1. The largest absolute Gasteiger partial charge is 0.504 e. The molecule has 15 heavy (non-hydrogen) atoms. The van der Waals surface area contributed by atoms with Crippen molar-refractivity contribution in [2.24, 2.45) is 0 Å². The molecule has 0 amide bonds. The van der Waals surface area contributed by atoms with Gasteiger partial charge in [-0.25, -0.2) is 0 Å². The predicted molar refractivity (Wildman–Crippen MR) is 57.6 cm³/mol. The van der Waals surface area contributed by atoms with E-state index in [0.29, 0.717) is 5.75 Å². The van der Waals surface area contributed by atoms with Crippen LogP contribution in [0.25, 0.3) is 0 Å². The molecule has 2 rings (SSSR count). The average Bonchev–Trinajstić information content (AvgIpc) is 2.59. The standard InChI is InChI=1S/C12H14O3/c1-7(2)10-4-8-5-12(14-3)9(13)6-11(8)15-10/h5-6,10,13H,1,4H2,2-3H3. The number of hydrogen-bond acceptors (Lipinski definition) is 3. The van der Waals surface area contributed by atoms with E-state index in [1.54, 1.807) is 6.07 Å². The molecular weight excluding hydrogens is 192 g/mol. The van der Waals surface area contributed by atoms with Crippen LogP contribution in [0.4, 0.5) is 0 Å². The van der Waals surface area contributed by atoms with E-state index in [1.165, 1.54) is 7.11 Å². The van der Waals surface area contributed by atoms with Gasteiger partial charge in [0.2, 0.25) is 0 Å². The van der Waals surface area contributed by atoms with Gasteiger partial charge in [-0.1, -0.05) is 6.58 Å². The van der Waals surface area contributed by atoms with Gasteiger partial charge in [0.15, 0.2) is 11.5 Å². The molecule has 1 aromatic carbocycles. The maximum absolute atomic E-state index is 9.57. The van der Waals surface area contributed by atoms with Gasteiger partial charge in [0.05, 0.1) is 7.11 Å². The molecule has 3 nitrogen and oxygen atoms in total. The molecule has 1 atom stereocenters. The van der Waals surface area contributed by atoms with Crippen LogP contribution in [0, 0.1) is 0 Å². The molecule has 0 aromatic heterocycles. The molecule has 0 fully saturated rings. The van der Waals surface area contributed by atoms with Crippen molar-refractivity contribution in [1.82, 2.24) is 0 Å². The van der Waals surface area contributed by atoms with Crippen LogP contribution in [0.3, 0.4) is 0 Å². The van der Waals surface area contributed by atoms with Gasteiger partial charge in [-0.15, -0.1) is 0 Å². The molecule has 1 aliphatic heterocycles. The molecule has 1 heterocycles. The summed E-state index contributed by atoms with van der Waals surface area (Å²) in [6.45, 7) is 5.80. The lowest BCUT2D eigenvalue weighted by Crippen LogP contribution is -2.13. The average molecular weight is 206 g/mol. The maximum atomic E-state index is 9.57. The number of rotatable bonds is 2. The lowest BCUT2D eigenvalue weighted by Gasteiger charge is -2.09. The zero-order valence-corrected chi connectivity index (χ0v) is 8.91. The molecule has 1 aromatic rings. The Hall–Kier alpha value is -1.64. The van der Waals surface area contributed by atoms with E-state index in [-0.39, 0.29) is 11.9 Å². The summed E-state index contributed by atoms with van der Waals surface area (Å²) in [7, 11) is 1.54. The minimum atomic E-state index is 0.0199. The fourth-order valence-corrected chi connectivity index (χ4v) is 1.69. The zero-order chi connectivity index (χ0) is 11.0. The highest BCUT2D eigenvalue weighted by atomic mass is 16.5. The number of fused-ring (bicyclic) bond motifs is 1. The summed E-state index contributed by atoms with van der Waals surface area (Å²) in [6, 6.07) is 3.41. The van der Waals surface area contributed by atoms with E-state index in [2.05, 4.69) is 6.58 Å². The highest BCUT2D eigenvalue weighted by Crippen LogP contribution is 2.39. The van der Waals surface area contributed by atoms with Crippen molar-refractivity contribution in [3.8, 4) is 17.2 Å². The Morgan fingerprint density at radius 3 is 2.93 bits per heavy atom. The third-order valence-corrected chi connectivity index (χ3v) is 2.59. The first kappa shape index (κ1) is 9.90. The van der Waals surface area contributed by atoms with Crippen molar-refractivity contribution >= 4 is 0 Å². The third kappa shape index (κ3) is 1.65. The number of hydrogen-bond donors (Lipinski definition) is 1. The first-order valence-corrected chi connectivity index (χ1v) is 4.83. The van der Waals surface area contributed by atoms with Crippen LogP contribution < -0.4 is 9.47 Å². The van der Waals surface area contributed by atoms with Gasteiger partial charge in [-0.3, -0.25) is 0 Å². The second-order valence-electron chi connectivity index (χ2n) is 3.79. The van der Waals surface area contributed by atoms with Gasteiger partial charge in [-0.05, 0) is 18.6 Å². The molecule has 0 bridgehead atoms. The molecule has 1 unspecified atom stereocenters. The summed E-state index contributed by atoms with van der Waals surface area (Å²) in [5.74, 6) is 1.32. The molecular formula is C12H14O3. The summed E-state index contributed by atoms with van der Waals surface area (Å²) in [4.78, 5) is 0. The topological polar surface area (TPSA) is 38.7 Å². The van der Waals surface area contributed by atoms with Crippen LogP contribution in [-0.4, -0.2) is 18.3 Å². The van der Waals surface area contributed by atoms with E-state index in [0.717, 1.165) is 23.3 Å². The normalized spacial score (nSPS) is 18.1. The van der Waals surface area contributed by atoms with Gasteiger partial charge in [0.1, 0.15) is 11.9 Å². The fraction of sp³-hybridized carbons (Fsp3) is 0.333. The van der Waals surface area contributed by atoms with Crippen molar-refractivity contribution < 1.29 is 14.6 Å². The smallest absolute Gasteiger partial charge is 0.161 e. The summed E-state index contributed by atoms with van der Waals surface area (Å²) in [5.41, 5.74) is 2.04. The third-order valence-electron chi connectivity index (χ3n) is 2.59. The van der Waals surface area contributed by atoms with E-state index >= 15 is 0 Å². The second-order valence-corrected chi connectivity index (χ2v) is 3.79. The van der Waals surface area contributed by atoms with Gasteiger partial charge in [-0.2, -0.15) is 0 Å². The Bertz CT molecular complexity index is 410. The molecule has 0 saturated heterocycles. The summed E-state index contributed by atoms with van der Waals surface area (Å²) in [5, 5.41) is 9.57. The molecule has 0 aliphatic carbocycles. The lowest BCUT2D eigenvalue weighted by atomic mass is 10.1. The van der Waals surface area contributed by atoms with Crippen LogP contribution in [0.15, 0.2) is 24.3 Å². The lowest BCUT2D eigenvalue weighted by molar-refractivity contribution is 0.270. The number of benzene rings is 1. The Morgan fingerprint density at radius 2 is 2.33 bits per heavy atom. The SMILES string of the molecule is C=C(C)C1Cc2cc(OC)c(O)cc2O1. The van der Waals surface area contributed by atoms with Crippen molar-refractivity contribution in [1.29, 1.82) is 0 Å². The van der Waals surface area contributed by atoms with Crippen LogP contribution in [0.2, 0.25) is 0 Å². The first-order chi connectivity index (χ1) is 7.11. The van der Waals surface area contributed by atoms with Gasteiger partial charge < -0.3 is 14.6 Å². The van der Waals surface area contributed by atoms with Crippen LogP contribution >= 0.6 is 0 Å². The number of phenolic OH excluding ortho intramolecular Hbond substituents is 1. The van der Waals surface area contributed by atoms with Crippen molar-refractivity contribution in [2.75, 3.05) is 7.11 Å². The molecule has 1 N–H and O–H groups in total. The van der Waals surface area contributed by atoms with Crippen LogP contribution in [0.1, 0.15) is 12.5 Å². The Morgan fingerprint density at radius 1 is 1.60 bits per heavy atom. The van der Waals surface area contributed by atoms with Crippen LogP contribution in [0.5, 0.6) is 17.2 Å². The van der Waals surface area contributed by atoms with E-state index < -0.39 is 0 Å². The maximum Gasteiger partial charge on any atom is 0.161 e. The second kappa shape index (κ2) is 3.50. The number of ether oxygens (including phenoxy) is 2. The quantitative estimate of drug-likeness (QED) is 0.754. The Kier molecular flexibility index (Phi) is 2.31. The molecule has 0 spiro atoms. The molecule has 3 heteroatoms. The summed E-state index contributed by atoms with van der Waals surface area (Å²) in [6.07, 6.45) is 0.813. The molecule has 1 aliphatic rings. The molecule has 0 saturated carbocycles. The fourth-order valence-electron chi connectivity index (χ4n) is 1.69.